The Morgan fingerprint density at radius 2 is 1.64 bits per heavy atom. The molecule has 0 heterocycles. The van der Waals surface area contributed by atoms with Crippen LogP contribution in [0.2, 0.25) is 5.02 Å². The molecule has 3 aromatic rings. The second-order valence-electron chi connectivity index (χ2n) is 5.10. The molecular weight excluding hydrogens is 357 g/mol. The minimum Gasteiger partial charge on any atom is -0.497 e. The number of carbonyl (C=O) groups is 1. The van der Waals surface area contributed by atoms with E-state index >= 15 is 0 Å². The molecule has 0 radical (unpaired) electrons. The SMILES string of the molecule is COc1cc(F)c(C(=O)Oc2ccc3c(F)c(Cl)ccc3c2)c(F)c1. The normalized spacial score (nSPS) is 10.8. The van der Waals surface area contributed by atoms with Crippen LogP contribution in [-0.2, 0) is 0 Å². The van der Waals surface area contributed by atoms with Crippen molar-refractivity contribution in [1.29, 1.82) is 0 Å². The van der Waals surface area contributed by atoms with Crippen LogP contribution in [0.5, 0.6) is 11.5 Å². The third kappa shape index (κ3) is 3.25. The van der Waals surface area contributed by atoms with Crippen molar-refractivity contribution in [3.05, 3.63) is 70.5 Å². The number of fused-ring (bicyclic) bond motifs is 1. The van der Waals surface area contributed by atoms with E-state index in [1.54, 1.807) is 0 Å². The van der Waals surface area contributed by atoms with E-state index in [4.69, 9.17) is 21.1 Å². The summed E-state index contributed by atoms with van der Waals surface area (Å²) in [5, 5.41) is 0.608. The molecule has 7 heteroatoms. The molecule has 3 nitrogen and oxygen atoms in total. The van der Waals surface area contributed by atoms with Gasteiger partial charge in [0.15, 0.2) is 0 Å². The first-order valence-electron chi connectivity index (χ1n) is 7.03. The Balaban J connectivity index is 1.94. The Labute approximate surface area is 145 Å². The van der Waals surface area contributed by atoms with Crippen LogP contribution < -0.4 is 9.47 Å². The maximum atomic E-state index is 13.9. The van der Waals surface area contributed by atoms with Crippen molar-refractivity contribution < 1.29 is 27.4 Å². The van der Waals surface area contributed by atoms with Gasteiger partial charge in [-0.05, 0) is 29.7 Å². The third-order valence-electron chi connectivity index (χ3n) is 3.54. The van der Waals surface area contributed by atoms with Gasteiger partial charge >= 0.3 is 5.97 Å². The minimum atomic E-state index is -1.22. The molecule has 0 bridgehead atoms. The highest BCUT2D eigenvalue weighted by Crippen LogP contribution is 2.28. The molecule has 0 fully saturated rings. The first kappa shape index (κ1) is 17.1. The first-order chi connectivity index (χ1) is 11.9. The summed E-state index contributed by atoms with van der Waals surface area (Å²) in [4.78, 5) is 12.1. The zero-order valence-electron chi connectivity index (χ0n) is 12.8. The summed E-state index contributed by atoms with van der Waals surface area (Å²) < 4.78 is 51.4. The van der Waals surface area contributed by atoms with Crippen LogP contribution in [0, 0.1) is 17.5 Å². The van der Waals surface area contributed by atoms with Crippen LogP contribution in [0.1, 0.15) is 10.4 Å². The van der Waals surface area contributed by atoms with Gasteiger partial charge < -0.3 is 9.47 Å². The molecule has 0 saturated heterocycles. The van der Waals surface area contributed by atoms with Crippen LogP contribution in [0.3, 0.4) is 0 Å². The van der Waals surface area contributed by atoms with E-state index in [1.807, 2.05) is 0 Å². The van der Waals surface area contributed by atoms with Crippen molar-refractivity contribution in [2.45, 2.75) is 0 Å². The van der Waals surface area contributed by atoms with E-state index in [0.29, 0.717) is 5.39 Å². The van der Waals surface area contributed by atoms with Gasteiger partial charge in [-0.3, -0.25) is 0 Å². The number of ether oxygens (including phenoxy) is 2. The second kappa shape index (κ2) is 6.64. The van der Waals surface area contributed by atoms with Crippen LogP contribution >= 0.6 is 11.6 Å². The van der Waals surface area contributed by atoms with Crippen LogP contribution in [0.15, 0.2) is 42.5 Å². The van der Waals surface area contributed by atoms with Gasteiger partial charge in [-0.25, -0.2) is 18.0 Å². The van der Waals surface area contributed by atoms with E-state index in [-0.39, 0.29) is 21.9 Å². The van der Waals surface area contributed by atoms with Gasteiger partial charge in [-0.2, -0.15) is 0 Å². The quantitative estimate of drug-likeness (QED) is 0.475. The zero-order chi connectivity index (χ0) is 18.1. The number of esters is 1. The van der Waals surface area contributed by atoms with Crippen molar-refractivity contribution in [3.63, 3.8) is 0 Å². The largest absolute Gasteiger partial charge is 0.497 e. The Morgan fingerprint density at radius 1 is 0.960 bits per heavy atom. The summed E-state index contributed by atoms with van der Waals surface area (Å²) in [6.45, 7) is 0. The molecule has 0 amide bonds. The lowest BCUT2D eigenvalue weighted by Crippen LogP contribution is -2.13. The highest BCUT2D eigenvalue weighted by molar-refractivity contribution is 6.31. The zero-order valence-corrected chi connectivity index (χ0v) is 13.5. The Kier molecular flexibility index (Phi) is 4.55. The molecule has 0 spiro atoms. The van der Waals surface area contributed by atoms with Crippen LogP contribution in [0.25, 0.3) is 10.8 Å². The number of rotatable bonds is 3. The summed E-state index contributed by atoms with van der Waals surface area (Å²) in [5.74, 6) is -4.10. The number of methoxy groups -OCH3 is 1. The van der Waals surface area contributed by atoms with Gasteiger partial charge in [-0.1, -0.05) is 17.7 Å². The van der Waals surface area contributed by atoms with Crippen molar-refractivity contribution in [2.75, 3.05) is 7.11 Å². The average Bonchev–Trinajstić information content (AvgIpc) is 2.57. The number of carbonyl (C=O) groups excluding carboxylic acids is 1. The molecule has 128 valence electrons. The molecule has 0 N–H and O–H groups in total. The van der Waals surface area contributed by atoms with E-state index in [2.05, 4.69) is 0 Å². The molecule has 0 atom stereocenters. The number of hydrogen-bond acceptors (Lipinski definition) is 3. The predicted molar refractivity (Wildman–Crippen MR) is 86.8 cm³/mol. The monoisotopic (exact) mass is 366 g/mol. The molecule has 25 heavy (non-hydrogen) atoms. The van der Waals surface area contributed by atoms with Gasteiger partial charge in [0, 0.05) is 17.5 Å². The van der Waals surface area contributed by atoms with Gasteiger partial charge in [0.2, 0.25) is 0 Å². The Bertz CT molecular complexity index is 966. The van der Waals surface area contributed by atoms with Crippen molar-refractivity contribution in [1.82, 2.24) is 0 Å². The number of hydrogen-bond donors (Lipinski definition) is 0. The topological polar surface area (TPSA) is 35.5 Å². The van der Waals surface area contributed by atoms with Crippen molar-refractivity contribution in [3.8, 4) is 11.5 Å². The van der Waals surface area contributed by atoms with E-state index < -0.39 is 29.0 Å². The summed E-state index contributed by atoms with van der Waals surface area (Å²) in [5.41, 5.74) is -0.844. The maximum absolute atomic E-state index is 13.9. The van der Waals surface area contributed by atoms with Gasteiger partial charge in [0.1, 0.15) is 34.5 Å². The summed E-state index contributed by atoms with van der Waals surface area (Å²) >= 11 is 5.70. The summed E-state index contributed by atoms with van der Waals surface area (Å²) in [6.07, 6.45) is 0. The highest BCUT2D eigenvalue weighted by atomic mass is 35.5. The van der Waals surface area contributed by atoms with Gasteiger partial charge in [0.05, 0.1) is 12.1 Å². The molecule has 0 saturated carbocycles. The number of benzene rings is 3. The average molecular weight is 367 g/mol. The lowest BCUT2D eigenvalue weighted by atomic mass is 10.1. The van der Waals surface area contributed by atoms with E-state index in [9.17, 15) is 18.0 Å². The second-order valence-corrected chi connectivity index (χ2v) is 5.51. The maximum Gasteiger partial charge on any atom is 0.349 e. The van der Waals surface area contributed by atoms with Gasteiger partial charge in [0.25, 0.3) is 0 Å². The highest BCUT2D eigenvalue weighted by Gasteiger charge is 2.21. The van der Waals surface area contributed by atoms with Crippen molar-refractivity contribution in [2.24, 2.45) is 0 Å². The van der Waals surface area contributed by atoms with Crippen molar-refractivity contribution >= 4 is 28.3 Å². The third-order valence-corrected chi connectivity index (χ3v) is 3.84. The lowest BCUT2D eigenvalue weighted by Gasteiger charge is -2.09. The lowest BCUT2D eigenvalue weighted by molar-refractivity contribution is 0.0724. The molecule has 0 aliphatic heterocycles. The van der Waals surface area contributed by atoms with Crippen LogP contribution in [0.4, 0.5) is 13.2 Å². The Hall–Kier alpha value is -2.73. The van der Waals surface area contributed by atoms with Crippen LogP contribution in [-0.4, -0.2) is 13.1 Å². The summed E-state index contributed by atoms with van der Waals surface area (Å²) in [6, 6.07) is 8.67. The molecule has 0 unspecified atom stereocenters. The fourth-order valence-corrected chi connectivity index (χ4v) is 2.49. The standard InChI is InChI=1S/C18H10ClF3O3/c1-24-11-7-14(20)16(15(21)8-11)18(23)25-10-3-4-12-9(6-10)2-5-13(19)17(12)22/h2-8H,1H3. The fraction of sp³-hybridized carbons (Fsp3) is 0.0556. The Morgan fingerprint density at radius 3 is 2.28 bits per heavy atom. The molecule has 0 aliphatic carbocycles. The van der Waals surface area contributed by atoms with E-state index in [0.717, 1.165) is 12.1 Å². The predicted octanol–water partition coefficient (Wildman–Crippen LogP) is 5.14. The fourth-order valence-electron chi connectivity index (χ4n) is 2.33. The first-order valence-corrected chi connectivity index (χ1v) is 7.41. The number of halogens is 4. The van der Waals surface area contributed by atoms with E-state index in [1.165, 1.54) is 37.4 Å². The smallest absolute Gasteiger partial charge is 0.349 e. The molecule has 3 rings (SSSR count). The summed E-state index contributed by atoms with van der Waals surface area (Å²) in [7, 11) is 1.24. The minimum absolute atomic E-state index is 0.00819. The molecule has 0 aromatic heterocycles. The van der Waals surface area contributed by atoms with Gasteiger partial charge in [-0.15, -0.1) is 0 Å². The molecular formula is C18H10ClF3O3. The molecule has 0 aliphatic rings. The molecule has 3 aromatic carbocycles.